The highest BCUT2D eigenvalue weighted by Gasteiger charge is 2.23. The van der Waals surface area contributed by atoms with E-state index in [4.69, 9.17) is 0 Å². The van der Waals surface area contributed by atoms with Gasteiger partial charge in [-0.3, -0.25) is 14.7 Å². The Bertz CT molecular complexity index is 641. The molecule has 0 unspecified atom stereocenters. The first-order valence-corrected chi connectivity index (χ1v) is 7.07. The Kier molecular flexibility index (Phi) is 3.55. The van der Waals surface area contributed by atoms with Gasteiger partial charge in [0.25, 0.3) is 5.69 Å². The number of nitro groups is 1. The van der Waals surface area contributed by atoms with Crippen LogP contribution in [0.15, 0.2) is 30.9 Å². The number of nitro benzene ring substituents is 1. The van der Waals surface area contributed by atoms with Crippen LogP contribution in [0.3, 0.4) is 0 Å². The molecule has 3 rings (SSSR count). The standard InChI is InChI=1S/C14H17N5O2/c1-11-4-2-3-7-18(11)13-6-5-12(19(20)21)8-14(13)17-9-15-16-10-17/h5-6,8-11H,2-4,7H2,1H3/t11-/m1/s1. The van der Waals surface area contributed by atoms with Crippen LogP contribution in [0.25, 0.3) is 5.69 Å². The number of rotatable bonds is 3. The van der Waals surface area contributed by atoms with Crippen LogP contribution in [0, 0.1) is 10.1 Å². The summed E-state index contributed by atoms with van der Waals surface area (Å²) >= 11 is 0. The molecule has 7 nitrogen and oxygen atoms in total. The third-order valence-electron chi connectivity index (χ3n) is 3.98. The van der Waals surface area contributed by atoms with Gasteiger partial charge in [-0.1, -0.05) is 0 Å². The van der Waals surface area contributed by atoms with Crippen LogP contribution in [-0.4, -0.2) is 32.3 Å². The molecule has 1 fully saturated rings. The molecule has 2 heterocycles. The van der Waals surface area contributed by atoms with Crippen molar-refractivity contribution in [1.82, 2.24) is 14.8 Å². The van der Waals surface area contributed by atoms with E-state index in [1.807, 2.05) is 6.07 Å². The first kappa shape index (κ1) is 13.5. The minimum absolute atomic E-state index is 0.0760. The van der Waals surface area contributed by atoms with E-state index in [-0.39, 0.29) is 10.6 Å². The number of aromatic nitrogens is 3. The van der Waals surface area contributed by atoms with Crippen molar-refractivity contribution in [2.75, 3.05) is 11.4 Å². The summed E-state index contributed by atoms with van der Waals surface area (Å²) in [4.78, 5) is 13.0. The lowest BCUT2D eigenvalue weighted by molar-refractivity contribution is -0.384. The van der Waals surface area contributed by atoms with Crippen molar-refractivity contribution in [2.24, 2.45) is 0 Å². The van der Waals surface area contributed by atoms with Crippen LogP contribution in [-0.2, 0) is 0 Å². The molecule has 0 aliphatic carbocycles. The van der Waals surface area contributed by atoms with Gasteiger partial charge in [-0.15, -0.1) is 10.2 Å². The summed E-state index contributed by atoms with van der Waals surface area (Å²) in [6.07, 6.45) is 6.64. The Morgan fingerprint density at radius 2 is 2.00 bits per heavy atom. The van der Waals surface area contributed by atoms with Gasteiger partial charge in [0.1, 0.15) is 12.7 Å². The summed E-state index contributed by atoms with van der Waals surface area (Å²) in [7, 11) is 0. The van der Waals surface area contributed by atoms with E-state index >= 15 is 0 Å². The van der Waals surface area contributed by atoms with Gasteiger partial charge in [-0.05, 0) is 32.3 Å². The van der Waals surface area contributed by atoms with Crippen molar-refractivity contribution >= 4 is 11.4 Å². The maximum atomic E-state index is 11.0. The number of nitrogens with zero attached hydrogens (tertiary/aromatic N) is 5. The summed E-state index contributed by atoms with van der Waals surface area (Å²) < 4.78 is 1.73. The number of hydrogen-bond donors (Lipinski definition) is 0. The Morgan fingerprint density at radius 1 is 1.24 bits per heavy atom. The second-order valence-corrected chi connectivity index (χ2v) is 5.34. The first-order chi connectivity index (χ1) is 10.2. The van der Waals surface area contributed by atoms with Crippen molar-refractivity contribution in [3.8, 4) is 5.69 Å². The molecule has 1 aromatic carbocycles. The molecule has 21 heavy (non-hydrogen) atoms. The minimum atomic E-state index is -0.378. The fourth-order valence-electron chi connectivity index (χ4n) is 2.86. The zero-order valence-electron chi connectivity index (χ0n) is 11.8. The van der Waals surface area contributed by atoms with Gasteiger partial charge in [0.2, 0.25) is 0 Å². The van der Waals surface area contributed by atoms with Crippen LogP contribution in [0.2, 0.25) is 0 Å². The molecule has 1 aliphatic heterocycles. The second kappa shape index (κ2) is 5.51. The summed E-state index contributed by atoms with van der Waals surface area (Å²) in [6, 6.07) is 5.40. The molecular formula is C14H17N5O2. The lowest BCUT2D eigenvalue weighted by Gasteiger charge is -2.36. The van der Waals surface area contributed by atoms with E-state index in [0.29, 0.717) is 6.04 Å². The van der Waals surface area contributed by atoms with E-state index in [1.54, 1.807) is 29.4 Å². The highest BCUT2D eigenvalue weighted by Crippen LogP contribution is 2.32. The molecule has 1 atom stereocenters. The summed E-state index contributed by atoms with van der Waals surface area (Å²) in [5.41, 5.74) is 1.82. The molecule has 0 bridgehead atoms. The molecule has 0 radical (unpaired) electrons. The lowest BCUT2D eigenvalue weighted by atomic mass is 10.0. The highest BCUT2D eigenvalue weighted by molar-refractivity contribution is 5.67. The third kappa shape index (κ3) is 2.58. The van der Waals surface area contributed by atoms with E-state index in [1.165, 1.54) is 6.42 Å². The van der Waals surface area contributed by atoms with Crippen LogP contribution in [0.4, 0.5) is 11.4 Å². The molecule has 7 heteroatoms. The molecule has 110 valence electrons. The predicted molar refractivity (Wildman–Crippen MR) is 78.7 cm³/mol. The van der Waals surface area contributed by atoms with Gasteiger partial charge < -0.3 is 4.90 Å². The zero-order valence-corrected chi connectivity index (χ0v) is 11.8. The Morgan fingerprint density at radius 3 is 2.67 bits per heavy atom. The summed E-state index contributed by atoms with van der Waals surface area (Å²) in [6.45, 7) is 3.16. The average Bonchev–Trinajstić information content (AvgIpc) is 3.01. The van der Waals surface area contributed by atoms with Crippen molar-refractivity contribution in [3.05, 3.63) is 41.0 Å². The number of non-ortho nitro benzene ring substituents is 1. The van der Waals surface area contributed by atoms with Crippen LogP contribution in [0.1, 0.15) is 26.2 Å². The van der Waals surface area contributed by atoms with Crippen molar-refractivity contribution in [3.63, 3.8) is 0 Å². The number of anilines is 1. The Balaban J connectivity index is 2.08. The normalized spacial score (nSPS) is 18.7. The summed E-state index contributed by atoms with van der Waals surface area (Å²) in [5, 5.41) is 18.6. The highest BCUT2D eigenvalue weighted by atomic mass is 16.6. The smallest absolute Gasteiger partial charge is 0.271 e. The molecule has 0 N–H and O–H groups in total. The van der Waals surface area contributed by atoms with Gasteiger partial charge in [-0.25, -0.2) is 0 Å². The molecular weight excluding hydrogens is 270 g/mol. The Hall–Kier alpha value is -2.44. The fraction of sp³-hybridized carbons (Fsp3) is 0.429. The average molecular weight is 287 g/mol. The Labute approximate surface area is 122 Å². The number of piperidine rings is 1. The quantitative estimate of drug-likeness (QED) is 0.640. The van der Waals surface area contributed by atoms with Crippen molar-refractivity contribution in [2.45, 2.75) is 32.2 Å². The molecule has 0 amide bonds. The first-order valence-electron chi connectivity index (χ1n) is 7.07. The van der Waals surface area contributed by atoms with Crippen LogP contribution < -0.4 is 4.90 Å². The summed E-state index contributed by atoms with van der Waals surface area (Å²) in [5.74, 6) is 0. The molecule has 1 aliphatic rings. The maximum absolute atomic E-state index is 11.0. The molecule has 2 aromatic rings. The van der Waals surface area contributed by atoms with E-state index in [2.05, 4.69) is 22.0 Å². The number of benzene rings is 1. The molecule has 1 saturated heterocycles. The second-order valence-electron chi connectivity index (χ2n) is 5.34. The van der Waals surface area contributed by atoms with Gasteiger partial charge in [-0.2, -0.15) is 0 Å². The van der Waals surface area contributed by atoms with E-state index in [0.717, 1.165) is 30.8 Å². The zero-order chi connectivity index (χ0) is 14.8. The maximum Gasteiger partial charge on any atom is 0.271 e. The van der Waals surface area contributed by atoms with Crippen molar-refractivity contribution in [1.29, 1.82) is 0 Å². The molecule has 0 spiro atoms. The molecule has 1 aromatic heterocycles. The number of hydrogen-bond acceptors (Lipinski definition) is 5. The predicted octanol–water partition coefficient (Wildman–Crippen LogP) is 2.55. The van der Waals surface area contributed by atoms with E-state index < -0.39 is 0 Å². The van der Waals surface area contributed by atoms with Crippen LogP contribution in [0.5, 0.6) is 0 Å². The van der Waals surface area contributed by atoms with E-state index in [9.17, 15) is 10.1 Å². The monoisotopic (exact) mass is 287 g/mol. The van der Waals surface area contributed by atoms with Gasteiger partial charge in [0.15, 0.2) is 0 Å². The van der Waals surface area contributed by atoms with Gasteiger partial charge >= 0.3 is 0 Å². The van der Waals surface area contributed by atoms with Gasteiger partial charge in [0, 0.05) is 24.7 Å². The fourth-order valence-corrected chi connectivity index (χ4v) is 2.86. The van der Waals surface area contributed by atoms with Crippen LogP contribution >= 0.6 is 0 Å². The SMILES string of the molecule is C[C@@H]1CCCCN1c1ccc([N+](=O)[O-])cc1-n1cnnc1. The van der Waals surface area contributed by atoms with Gasteiger partial charge in [0.05, 0.1) is 16.3 Å². The largest absolute Gasteiger partial charge is 0.367 e. The minimum Gasteiger partial charge on any atom is -0.367 e. The topological polar surface area (TPSA) is 77.1 Å². The third-order valence-corrected chi connectivity index (χ3v) is 3.98. The molecule has 0 saturated carbocycles. The van der Waals surface area contributed by atoms with Crippen molar-refractivity contribution < 1.29 is 4.92 Å². The lowest BCUT2D eigenvalue weighted by Crippen LogP contribution is -2.38.